The zero-order valence-corrected chi connectivity index (χ0v) is 55.2. The fourth-order valence-electron chi connectivity index (χ4n) is 18.0. The van der Waals surface area contributed by atoms with Gasteiger partial charge in [0.05, 0.1) is 100 Å². The molecule has 1 aliphatic rings. The van der Waals surface area contributed by atoms with Gasteiger partial charge in [0.2, 0.25) is 0 Å². The molecular weight excluding hydrogens is 1240 g/mol. The van der Waals surface area contributed by atoms with Crippen LogP contribution in [0, 0.1) is 45.3 Å². The molecule has 0 fully saturated rings. The van der Waals surface area contributed by atoms with Crippen LogP contribution in [-0.4, -0.2) is 22.8 Å². The van der Waals surface area contributed by atoms with Crippen molar-refractivity contribution in [1.29, 1.82) is 21.0 Å². The molecule has 9 nitrogen and oxygen atoms in total. The maximum absolute atomic E-state index is 11.7. The normalized spacial score (nSPS) is 12.6. The number of nitriles is 4. The molecule has 15 aromatic carbocycles. The highest BCUT2D eigenvalue weighted by atomic mass is 15.0. The SMILES string of the molecule is CC1(C)c2ccccc2-c2ccc3c4c(-c5ccc6ccc7c(c6c5)c5ccccc5n7-c5cc(C#N)c(-n6c7ccccc7c7c8c9ccccc9n(-c9ccccc9)c8ccc76)cc5C#N)cccc4n(-c4cc(C#N)c(-n5c6ccccc6c6c7ccccc7ccc65)cc4C#N)c3c21. The smallest absolute Gasteiger partial charge is 0.101 e. The molecule has 0 amide bonds. The summed E-state index contributed by atoms with van der Waals surface area (Å²) in [6.07, 6.45) is 0. The highest BCUT2D eigenvalue weighted by Crippen LogP contribution is 2.55. The monoisotopic (exact) mass is 1300 g/mol. The highest BCUT2D eigenvalue weighted by Gasteiger charge is 2.39. The molecular formula is C93H53N9. The molecule has 0 saturated heterocycles. The van der Waals surface area contributed by atoms with E-state index < -0.39 is 5.41 Å². The first-order valence-corrected chi connectivity index (χ1v) is 34.3. The van der Waals surface area contributed by atoms with Gasteiger partial charge in [-0.05, 0) is 152 Å². The zero-order chi connectivity index (χ0) is 68.0. The minimum atomic E-state index is -0.457. The Bertz CT molecular complexity index is 7400. The molecule has 5 aromatic heterocycles. The van der Waals surface area contributed by atoms with Crippen molar-refractivity contribution in [2.24, 2.45) is 0 Å². The summed E-state index contributed by atoms with van der Waals surface area (Å²) in [6, 6.07) is 110. The number of hydrogen-bond acceptors (Lipinski definition) is 4. The topological polar surface area (TPSA) is 120 Å². The quantitative estimate of drug-likeness (QED) is 0.165. The van der Waals surface area contributed by atoms with Crippen LogP contribution in [0.15, 0.2) is 285 Å². The van der Waals surface area contributed by atoms with Crippen LogP contribution in [0.1, 0.15) is 47.2 Å². The van der Waals surface area contributed by atoms with E-state index in [1.807, 2.05) is 48.5 Å². The van der Waals surface area contributed by atoms with Gasteiger partial charge in [-0.1, -0.05) is 202 Å². The number of para-hydroxylation sites is 5. The first-order valence-electron chi connectivity index (χ1n) is 34.3. The third kappa shape index (κ3) is 7.50. The van der Waals surface area contributed by atoms with E-state index in [1.165, 1.54) is 11.1 Å². The van der Waals surface area contributed by atoms with Gasteiger partial charge in [0.15, 0.2) is 0 Å². The summed E-state index contributed by atoms with van der Waals surface area (Å²) >= 11 is 0. The van der Waals surface area contributed by atoms with Gasteiger partial charge in [0.1, 0.15) is 24.3 Å². The lowest BCUT2D eigenvalue weighted by Gasteiger charge is -2.24. The van der Waals surface area contributed by atoms with E-state index in [0.29, 0.717) is 45.0 Å². The highest BCUT2D eigenvalue weighted by molar-refractivity contribution is 6.30. The van der Waals surface area contributed by atoms with Crippen LogP contribution in [0.5, 0.6) is 0 Å². The predicted molar refractivity (Wildman–Crippen MR) is 415 cm³/mol. The second-order valence-electron chi connectivity index (χ2n) is 27.5. The lowest BCUT2D eigenvalue weighted by Crippen LogP contribution is -2.16. The average Bonchev–Trinajstić information content (AvgIpc) is 1.55. The summed E-state index contributed by atoms with van der Waals surface area (Å²) < 4.78 is 11.1. The van der Waals surface area contributed by atoms with E-state index in [1.54, 1.807) is 0 Å². The molecule has 1 aliphatic carbocycles. The summed E-state index contributed by atoms with van der Waals surface area (Å²) in [5.74, 6) is 0. The number of hydrogen-bond donors (Lipinski definition) is 0. The molecule has 21 rings (SSSR count). The predicted octanol–water partition coefficient (Wildman–Crippen LogP) is 22.9. The van der Waals surface area contributed by atoms with Crippen LogP contribution in [0.2, 0.25) is 0 Å². The van der Waals surface area contributed by atoms with E-state index in [2.05, 4.69) is 298 Å². The van der Waals surface area contributed by atoms with Gasteiger partial charge < -0.3 is 22.8 Å². The number of aromatic nitrogens is 5. The van der Waals surface area contributed by atoms with Gasteiger partial charge in [-0.15, -0.1) is 0 Å². The third-order valence-corrected chi connectivity index (χ3v) is 22.2. The van der Waals surface area contributed by atoms with Crippen LogP contribution >= 0.6 is 0 Å². The van der Waals surface area contributed by atoms with Gasteiger partial charge in [0.25, 0.3) is 0 Å². The van der Waals surface area contributed by atoms with Gasteiger partial charge in [-0.3, -0.25) is 0 Å². The second-order valence-corrected chi connectivity index (χ2v) is 27.5. The molecule has 0 N–H and O–H groups in total. The van der Waals surface area contributed by atoms with Crippen LogP contribution < -0.4 is 0 Å². The molecule has 0 saturated carbocycles. The molecule has 0 atom stereocenters. The van der Waals surface area contributed by atoms with E-state index >= 15 is 0 Å². The zero-order valence-electron chi connectivity index (χ0n) is 55.2. The average molecular weight is 1300 g/mol. The molecule has 0 aliphatic heterocycles. The Labute approximate surface area is 583 Å². The van der Waals surface area contributed by atoms with Gasteiger partial charge >= 0.3 is 0 Å². The van der Waals surface area contributed by atoms with Crippen molar-refractivity contribution in [3.05, 3.63) is 318 Å². The number of benzene rings is 15. The van der Waals surface area contributed by atoms with Crippen molar-refractivity contribution in [2.45, 2.75) is 19.3 Å². The van der Waals surface area contributed by atoms with Gasteiger partial charge in [-0.2, -0.15) is 21.0 Å². The standard InChI is InChI=1S/C93H53N9/c1-93(2)72-29-13-8-23-64(72)65-39-40-70-87-63(28-18-34-77(87)102(92(70)91(65)93)85-49-59(52-96)83(48-60(85)53-97)99-74-31-15-9-24-66(74)86-62-22-7-6-19-54(62)37-41-78(86)99)56-36-35-55-38-42-79-88(71(55)45-56)67-25-10-16-32-75(67)100(79)82-46-58(51-95)84(47-57(82)50-94)101-76-33-17-12-27-69(76)90-81(101)44-43-80-89(90)68-26-11-14-30-73(68)98(80)61-20-4-3-5-21-61/h3-49H,1-2H3. The number of rotatable bonds is 6. The molecule has 9 heteroatoms. The maximum Gasteiger partial charge on any atom is 0.101 e. The summed E-state index contributed by atoms with van der Waals surface area (Å²) in [4.78, 5) is 0. The van der Waals surface area contributed by atoms with Crippen molar-refractivity contribution in [1.82, 2.24) is 22.8 Å². The number of fused-ring (bicyclic) bond motifs is 24. The third-order valence-electron chi connectivity index (χ3n) is 22.2. The Kier molecular flexibility index (Phi) is 11.7. The molecule has 20 aromatic rings. The maximum atomic E-state index is 11.7. The fraction of sp³-hybridized carbons (Fsp3) is 0.0323. The van der Waals surface area contributed by atoms with Gasteiger partial charge in [0, 0.05) is 65.0 Å². The Balaban J connectivity index is 0.770. The van der Waals surface area contributed by atoms with E-state index in [-0.39, 0.29) is 0 Å². The van der Waals surface area contributed by atoms with Crippen molar-refractivity contribution in [2.75, 3.05) is 0 Å². The minimum absolute atomic E-state index is 0.422. The lowest BCUT2D eigenvalue weighted by atomic mass is 9.81. The molecule has 0 radical (unpaired) electrons. The minimum Gasteiger partial charge on any atom is -0.309 e. The molecule has 470 valence electrons. The van der Waals surface area contributed by atoms with Crippen molar-refractivity contribution < 1.29 is 0 Å². The largest absolute Gasteiger partial charge is 0.309 e. The van der Waals surface area contributed by atoms with Crippen LogP contribution in [0.3, 0.4) is 0 Å². The Morgan fingerprint density at radius 2 is 0.667 bits per heavy atom. The first kappa shape index (κ1) is 56.9. The molecule has 0 spiro atoms. The summed E-state index contributed by atoms with van der Waals surface area (Å²) in [6.45, 7) is 4.60. The fourth-order valence-corrected chi connectivity index (χ4v) is 18.0. The van der Waals surface area contributed by atoms with E-state index in [9.17, 15) is 21.0 Å². The van der Waals surface area contributed by atoms with Crippen molar-refractivity contribution in [3.8, 4) is 75.0 Å². The molecule has 0 bridgehead atoms. The second kappa shape index (κ2) is 20.9. The molecule has 5 heterocycles. The summed E-state index contributed by atoms with van der Waals surface area (Å²) in [5, 5.41) is 61.2. The Hall–Kier alpha value is -14.2. The van der Waals surface area contributed by atoms with E-state index in [4.69, 9.17) is 0 Å². The Morgan fingerprint density at radius 1 is 0.265 bits per heavy atom. The summed E-state index contributed by atoms with van der Waals surface area (Å²) in [7, 11) is 0. The molecule has 0 unspecified atom stereocenters. The van der Waals surface area contributed by atoms with Crippen LogP contribution in [-0.2, 0) is 5.41 Å². The Morgan fingerprint density at radius 3 is 1.24 bits per heavy atom. The van der Waals surface area contributed by atoms with Gasteiger partial charge in [-0.25, -0.2) is 0 Å². The molecule has 102 heavy (non-hydrogen) atoms. The van der Waals surface area contributed by atoms with Crippen LogP contribution in [0.4, 0.5) is 0 Å². The summed E-state index contributed by atoms with van der Waals surface area (Å²) in [5.41, 5.74) is 21.2. The first-order chi connectivity index (χ1) is 50.2. The van der Waals surface area contributed by atoms with E-state index in [0.717, 1.165) is 159 Å². The van der Waals surface area contributed by atoms with Crippen molar-refractivity contribution in [3.63, 3.8) is 0 Å². The number of nitrogens with zero attached hydrogens (tertiary/aromatic N) is 9. The van der Waals surface area contributed by atoms with Crippen molar-refractivity contribution >= 4 is 131 Å². The van der Waals surface area contributed by atoms with Crippen LogP contribution in [0.25, 0.3) is 181 Å². The lowest BCUT2D eigenvalue weighted by molar-refractivity contribution is 0.664.